The van der Waals surface area contributed by atoms with Gasteiger partial charge in [0.15, 0.2) is 17.5 Å². The number of rotatable bonds is 7. The summed E-state index contributed by atoms with van der Waals surface area (Å²) in [6, 6.07) is 15.2. The fourth-order valence-electron chi connectivity index (χ4n) is 4.12. The van der Waals surface area contributed by atoms with Gasteiger partial charge in [-0.1, -0.05) is 23.4 Å². The second kappa shape index (κ2) is 9.37. The molecule has 0 fully saturated rings. The van der Waals surface area contributed by atoms with E-state index in [4.69, 9.17) is 13.9 Å². The molecule has 0 bridgehead atoms. The summed E-state index contributed by atoms with van der Waals surface area (Å²) in [5.74, 6) is 0.910. The van der Waals surface area contributed by atoms with Crippen molar-refractivity contribution in [3.63, 3.8) is 0 Å². The normalized spacial score (nSPS) is 13.5. The molecule has 0 aliphatic carbocycles. The Balaban J connectivity index is 1.52. The Bertz CT molecular complexity index is 1390. The first-order valence-electron chi connectivity index (χ1n) is 11.6. The van der Waals surface area contributed by atoms with Gasteiger partial charge in [0, 0.05) is 12.1 Å². The van der Waals surface area contributed by atoms with Crippen LogP contribution in [0.25, 0.3) is 11.0 Å². The van der Waals surface area contributed by atoms with E-state index in [-0.39, 0.29) is 31.7 Å². The number of hydrogen-bond donors (Lipinski definition) is 1. The molecule has 1 atom stereocenters. The number of nitrogens with zero attached hydrogens (tertiary/aromatic N) is 4. The number of ether oxygens (including phenoxy) is 2. The summed E-state index contributed by atoms with van der Waals surface area (Å²) in [5, 5.41) is 11.3. The fraction of sp³-hybridized carbons (Fsp3) is 0.308. The number of aromatic nitrogens is 3. The second-order valence-electron chi connectivity index (χ2n) is 9.60. The lowest BCUT2D eigenvalue weighted by molar-refractivity contribution is -0.143. The second-order valence-corrected chi connectivity index (χ2v) is 9.60. The predicted molar refractivity (Wildman–Crippen MR) is 130 cm³/mol. The van der Waals surface area contributed by atoms with Gasteiger partial charge in [0.25, 0.3) is 5.91 Å². The Kier molecular flexibility index (Phi) is 6.09. The van der Waals surface area contributed by atoms with Crippen molar-refractivity contribution in [2.24, 2.45) is 0 Å². The average molecular weight is 490 g/mol. The fourth-order valence-corrected chi connectivity index (χ4v) is 4.12. The zero-order valence-electron chi connectivity index (χ0n) is 20.3. The van der Waals surface area contributed by atoms with Crippen molar-refractivity contribution in [3.05, 3.63) is 72.2 Å². The van der Waals surface area contributed by atoms with Gasteiger partial charge in [-0.3, -0.25) is 9.59 Å². The number of benzene rings is 2. The lowest BCUT2D eigenvalue weighted by Crippen LogP contribution is -2.49. The van der Waals surface area contributed by atoms with Crippen molar-refractivity contribution in [2.45, 2.75) is 45.4 Å². The third-order valence-electron chi connectivity index (χ3n) is 5.69. The average Bonchev–Trinajstić information content (AvgIpc) is 3.59. The molecular formula is C26H27N5O5. The number of nitrogens with one attached hydrogen (secondary N) is 1. The minimum Gasteiger partial charge on any atom is -0.467 e. The van der Waals surface area contributed by atoms with Crippen molar-refractivity contribution in [1.29, 1.82) is 0 Å². The van der Waals surface area contributed by atoms with Gasteiger partial charge in [0.1, 0.15) is 17.8 Å². The standard InChI is InChI=1S/C26H27N5O5/c1-26(2,3)27-25(33)24(21-9-6-12-34-21)30(14-17-10-11-20-22(13-17)36-16-35-20)23(32)15-31-19-8-5-4-7-18(19)28-29-31/h4-13,24H,14-16H2,1-3H3,(H,27,33)/t24-/m0/s1. The first-order valence-corrected chi connectivity index (χ1v) is 11.6. The molecule has 0 radical (unpaired) electrons. The van der Waals surface area contributed by atoms with Crippen molar-refractivity contribution in [2.75, 3.05) is 6.79 Å². The van der Waals surface area contributed by atoms with Gasteiger partial charge in [0.2, 0.25) is 12.7 Å². The Morgan fingerprint density at radius 3 is 2.67 bits per heavy atom. The quantitative estimate of drug-likeness (QED) is 0.423. The number of furan rings is 1. The van der Waals surface area contributed by atoms with E-state index < -0.39 is 11.6 Å². The SMILES string of the molecule is CC(C)(C)NC(=O)[C@H](c1ccco1)N(Cc1ccc2c(c1)OCO2)C(=O)Cn1nnc2ccccc21. The van der Waals surface area contributed by atoms with Crippen molar-refractivity contribution in [1.82, 2.24) is 25.2 Å². The van der Waals surface area contributed by atoms with Crippen LogP contribution in [-0.2, 0) is 22.7 Å². The third-order valence-corrected chi connectivity index (χ3v) is 5.69. The first-order chi connectivity index (χ1) is 17.3. The summed E-state index contributed by atoms with van der Waals surface area (Å²) in [4.78, 5) is 28.9. The van der Waals surface area contributed by atoms with Crippen molar-refractivity contribution < 1.29 is 23.5 Å². The molecule has 36 heavy (non-hydrogen) atoms. The van der Waals surface area contributed by atoms with E-state index >= 15 is 0 Å². The van der Waals surface area contributed by atoms with E-state index in [2.05, 4.69) is 15.6 Å². The summed E-state index contributed by atoms with van der Waals surface area (Å²) in [6.07, 6.45) is 1.49. The number of carbonyl (C=O) groups is 2. The summed E-state index contributed by atoms with van der Waals surface area (Å²) in [7, 11) is 0. The molecule has 1 aliphatic heterocycles. The van der Waals surface area contributed by atoms with Gasteiger partial charge in [-0.2, -0.15) is 0 Å². The summed E-state index contributed by atoms with van der Waals surface area (Å²) in [5.41, 5.74) is 1.66. The minimum atomic E-state index is -1.01. The molecule has 0 saturated heterocycles. The monoisotopic (exact) mass is 489 g/mol. The first kappa shape index (κ1) is 23.4. The van der Waals surface area contributed by atoms with Crippen molar-refractivity contribution in [3.8, 4) is 11.5 Å². The summed E-state index contributed by atoms with van der Waals surface area (Å²) >= 11 is 0. The number of carbonyl (C=O) groups excluding carboxylic acids is 2. The Morgan fingerprint density at radius 1 is 1.08 bits per heavy atom. The molecule has 0 spiro atoms. The van der Waals surface area contributed by atoms with E-state index in [1.54, 1.807) is 18.2 Å². The molecule has 0 unspecified atom stereocenters. The molecule has 10 nitrogen and oxygen atoms in total. The lowest BCUT2D eigenvalue weighted by Gasteiger charge is -2.32. The maximum absolute atomic E-state index is 13.9. The number of amides is 2. The van der Waals surface area contributed by atoms with Crippen LogP contribution in [0, 0.1) is 0 Å². The highest BCUT2D eigenvalue weighted by atomic mass is 16.7. The zero-order chi connectivity index (χ0) is 25.3. The number of para-hydroxylation sites is 1. The molecule has 0 saturated carbocycles. The van der Waals surface area contributed by atoms with Crippen LogP contribution < -0.4 is 14.8 Å². The van der Waals surface area contributed by atoms with Crippen LogP contribution in [0.15, 0.2) is 65.3 Å². The van der Waals surface area contributed by atoms with Crippen LogP contribution in [-0.4, -0.2) is 44.0 Å². The van der Waals surface area contributed by atoms with Gasteiger partial charge in [0.05, 0.1) is 11.8 Å². The van der Waals surface area contributed by atoms with E-state index in [1.165, 1.54) is 15.8 Å². The molecule has 1 aliphatic rings. The highest BCUT2D eigenvalue weighted by molar-refractivity contribution is 5.89. The molecule has 3 heterocycles. The molecule has 5 rings (SSSR count). The maximum Gasteiger partial charge on any atom is 0.251 e. The molecule has 10 heteroatoms. The smallest absolute Gasteiger partial charge is 0.251 e. The van der Waals surface area contributed by atoms with E-state index in [1.807, 2.05) is 57.2 Å². The van der Waals surface area contributed by atoms with E-state index in [9.17, 15) is 9.59 Å². The summed E-state index contributed by atoms with van der Waals surface area (Å²) < 4.78 is 18.1. The molecule has 1 N–H and O–H groups in total. The topological polar surface area (TPSA) is 112 Å². The largest absolute Gasteiger partial charge is 0.467 e. The highest BCUT2D eigenvalue weighted by Gasteiger charge is 2.36. The van der Waals surface area contributed by atoms with Gasteiger partial charge < -0.3 is 24.1 Å². The number of fused-ring (bicyclic) bond motifs is 2. The van der Waals surface area contributed by atoms with Gasteiger partial charge >= 0.3 is 0 Å². The van der Waals surface area contributed by atoms with Crippen LogP contribution in [0.2, 0.25) is 0 Å². The van der Waals surface area contributed by atoms with Crippen LogP contribution in [0.5, 0.6) is 11.5 Å². The van der Waals surface area contributed by atoms with Crippen LogP contribution in [0.3, 0.4) is 0 Å². The molecule has 4 aromatic rings. The van der Waals surface area contributed by atoms with Gasteiger partial charge in [-0.25, -0.2) is 4.68 Å². The number of hydrogen-bond acceptors (Lipinski definition) is 7. The lowest BCUT2D eigenvalue weighted by atomic mass is 10.1. The Labute approximate surface area is 207 Å². The molecule has 2 aromatic carbocycles. The van der Waals surface area contributed by atoms with Crippen LogP contribution >= 0.6 is 0 Å². The maximum atomic E-state index is 13.9. The predicted octanol–water partition coefficient (Wildman–Crippen LogP) is 3.44. The van der Waals surface area contributed by atoms with Crippen molar-refractivity contribution >= 4 is 22.8 Å². The van der Waals surface area contributed by atoms with Gasteiger partial charge in [-0.05, 0) is 62.7 Å². The summed E-state index contributed by atoms with van der Waals surface area (Å²) in [6.45, 7) is 5.82. The molecule has 2 aromatic heterocycles. The minimum absolute atomic E-state index is 0.106. The van der Waals surface area contributed by atoms with Crippen LogP contribution in [0.4, 0.5) is 0 Å². The third kappa shape index (κ3) is 4.88. The zero-order valence-corrected chi connectivity index (χ0v) is 20.3. The Morgan fingerprint density at radius 2 is 1.89 bits per heavy atom. The highest BCUT2D eigenvalue weighted by Crippen LogP contribution is 2.34. The van der Waals surface area contributed by atoms with Gasteiger partial charge in [-0.15, -0.1) is 5.10 Å². The Hall–Kier alpha value is -4.34. The molecule has 2 amide bonds. The molecule has 186 valence electrons. The molecular weight excluding hydrogens is 462 g/mol. The van der Waals surface area contributed by atoms with E-state index in [0.717, 1.165) is 11.1 Å². The van der Waals surface area contributed by atoms with E-state index in [0.29, 0.717) is 22.8 Å². The van der Waals surface area contributed by atoms with Crippen LogP contribution in [0.1, 0.15) is 38.1 Å².